The Labute approximate surface area is 159 Å². The molecular formula is C20H23ClN4O. The zero-order chi connectivity index (χ0) is 18.4. The second-order valence-corrected chi connectivity index (χ2v) is 6.76. The van der Waals surface area contributed by atoms with E-state index in [0.717, 1.165) is 37.4 Å². The van der Waals surface area contributed by atoms with Crippen LogP contribution in [0.5, 0.6) is 0 Å². The molecule has 1 aliphatic rings. The second kappa shape index (κ2) is 8.74. The molecule has 26 heavy (non-hydrogen) atoms. The van der Waals surface area contributed by atoms with Gasteiger partial charge in [-0.25, -0.2) is 4.79 Å². The summed E-state index contributed by atoms with van der Waals surface area (Å²) in [5.41, 5.74) is 2.91. The Morgan fingerprint density at radius 1 is 1.00 bits per heavy atom. The van der Waals surface area contributed by atoms with Crippen molar-refractivity contribution in [3.05, 3.63) is 65.3 Å². The second-order valence-electron chi connectivity index (χ2n) is 6.32. The van der Waals surface area contributed by atoms with Crippen LogP contribution < -0.4 is 15.5 Å². The molecule has 3 rings (SSSR count). The Kier molecular flexibility index (Phi) is 6.15. The lowest BCUT2D eigenvalue weighted by Crippen LogP contribution is -2.44. The third-order valence-electron chi connectivity index (χ3n) is 4.35. The average molecular weight is 371 g/mol. The molecule has 2 aromatic rings. The maximum atomic E-state index is 12.0. The molecule has 6 heteroatoms. The molecule has 5 nitrogen and oxygen atoms in total. The lowest BCUT2D eigenvalue weighted by molar-refractivity contribution is 0.255. The molecule has 0 bridgehead atoms. The lowest BCUT2D eigenvalue weighted by Gasteiger charge is -2.34. The molecular weight excluding hydrogens is 348 g/mol. The van der Waals surface area contributed by atoms with Gasteiger partial charge in [0.25, 0.3) is 0 Å². The van der Waals surface area contributed by atoms with Crippen LogP contribution in [0, 0.1) is 0 Å². The molecule has 136 valence electrons. The zero-order valence-electron chi connectivity index (χ0n) is 14.8. The number of carbonyl (C=O) groups is 1. The van der Waals surface area contributed by atoms with Crippen LogP contribution in [0.25, 0.3) is 6.08 Å². The van der Waals surface area contributed by atoms with E-state index < -0.39 is 0 Å². The van der Waals surface area contributed by atoms with Gasteiger partial charge in [0.15, 0.2) is 0 Å². The highest BCUT2D eigenvalue weighted by molar-refractivity contribution is 6.30. The van der Waals surface area contributed by atoms with Gasteiger partial charge in [0.1, 0.15) is 0 Å². The van der Waals surface area contributed by atoms with E-state index in [9.17, 15) is 4.79 Å². The third kappa shape index (κ3) is 5.25. The molecule has 0 unspecified atom stereocenters. The molecule has 2 amide bonds. The van der Waals surface area contributed by atoms with Crippen LogP contribution in [0.3, 0.4) is 0 Å². The fourth-order valence-corrected chi connectivity index (χ4v) is 2.90. The van der Waals surface area contributed by atoms with Crippen LogP contribution in [0.2, 0.25) is 5.02 Å². The maximum Gasteiger partial charge on any atom is 0.323 e. The lowest BCUT2D eigenvalue weighted by atomic mass is 10.2. The van der Waals surface area contributed by atoms with Gasteiger partial charge in [0.2, 0.25) is 0 Å². The number of benzene rings is 2. The predicted molar refractivity (Wildman–Crippen MR) is 109 cm³/mol. The Balaban J connectivity index is 1.49. The molecule has 1 aliphatic heterocycles. The van der Waals surface area contributed by atoms with Crippen molar-refractivity contribution < 1.29 is 4.79 Å². The SMILES string of the molecule is CN1CCN(c2ccc(NC(=O)N/C=C/c3ccc(Cl)cc3)cc2)CC1. The van der Waals surface area contributed by atoms with E-state index in [2.05, 4.69) is 27.5 Å². The molecule has 0 radical (unpaired) electrons. The molecule has 0 saturated carbocycles. The topological polar surface area (TPSA) is 47.6 Å². The van der Waals surface area contributed by atoms with Crippen LogP contribution in [-0.2, 0) is 0 Å². The molecule has 2 N–H and O–H groups in total. The Hall–Kier alpha value is -2.50. The highest BCUT2D eigenvalue weighted by Gasteiger charge is 2.14. The summed E-state index contributed by atoms with van der Waals surface area (Å²) in [7, 11) is 2.14. The number of hydrogen-bond acceptors (Lipinski definition) is 3. The van der Waals surface area contributed by atoms with E-state index in [-0.39, 0.29) is 6.03 Å². The number of piperazine rings is 1. The number of rotatable bonds is 4. The van der Waals surface area contributed by atoms with Crippen molar-refractivity contribution in [1.82, 2.24) is 10.2 Å². The van der Waals surface area contributed by atoms with E-state index in [1.807, 2.05) is 54.6 Å². The fraction of sp³-hybridized carbons (Fsp3) is 0.250. The van der Waals surface area contributed by atoms with Gasteiger partial charge < -0.3 is 20.4 Å². The van der Waals surface area contributed by atoms with Gasteiger partial charge in [-0.05, 0) is 55.1 Å². The number of urea groups is 1. The minimum atomic E-state index is -0.275. The predicted octanol–water partition coefficient (Wildman–Crippen LogP) is 3.88. The van der Waals surface area contributed by atoms with Crippen LogP contribution in [-0.4, -0.2) is 44.2 Å². The zero-order valence-corrected chi connectivity index (χ0v) is 15.5. The molecule has 0 aromatic heterocycles. The summed E-state index contributed by atoms with van der Waals surface area (Å²) in [4.78, 5) is 16.7. The number of likely N-dealkylation sites (N-methyl/N-ethyl adjacent to an activating group) is 1. The first kappa shape index (κ1) is 18.3. The smallest absolute Gasteiger partial charge is 0.323 e. The largest absolute Gasteiger partial charge is 0.369 e. The summed E-state index contributed by atoms with van der Waals surface area (Å²) >= 11 is 5.84. The van der Waals surface area contributed by atoms with Crippen LogP contribution in [0.4, 0.5) is 16.2 Å². The Morgan fingerprint density at radius 3 is 2.31 bits per heavy atom. The first-order valence-electron chi connectivity index (χ1n) is 8.63. The summed E-state index contributed by atoms with van der Waals surface area (Å²) in [6, 6.07) is 15.1. The molecule has 0 spiro atoms. The number of nitrogens with zero attached hydrogens (tertiary/aromatic N) is 2. The summed E-state index contributed by atoms with van der Waals surface area (Å²) in [6.45, 7) is 4.20. The average Bonchev–Trinajstić information content (AvgIpc) is 2.65. The minimum absolute atomic E-state index is 0.275. The first-order valence-corrected chi connectivity index (χ1v) is 9.01. The first-order chi connectivity index (χ1) is 12.6. The van der Waals surface area contributed by atoms with Crippen molar-refractivity contribution in [2.24, 2.45) is 0 Å². The fourth-order valence-electron chi connectivity index (χ4n) is 2.77. The van der Waals surface area contributed by atoms with Crippen LogP contribution in [0.15, 0.2) is 54.7 Å². The van der Waals surface area contributed by atoms with Gasteiger partial charge in [0, 0.05) is 48.8 Å². The number of anilines is 2. The summed E-state index contributed by atoms with van der Waals surface area (Å²) in [6.07, 6.45) is 3.42. The molecule has 2 aromatic carbocycles. The van der Waals surface area contributed by atoms with E-state index in [1.54, 1.807) is 6.20 Å². The van der Waals surface area contributed by atoms with Gasteiger partial charge >= 0.3 is 6.03 Å². The van der Waals surface area contributed by atoms with E-state index >= 15 is 0 Å². The summed E-state index contributed by atoms with van der Waals surface area (Å²) in [5, 5.41) is 6.21. The molecule has 0 atom stereocenters. The Morgan fingerprint density at radius 2 is 1.65 bits per heavy atom. The van der Waals surface area contributed by atoms with E-state index in [0.29, 0.717) is 5.02 Å². The standard InChI is InChI=1S/C20H23ClN4O/c1-24-12-14-25(15-13-24)19-8-6-18(7-9-19)23-20(26)22-11-10-16-2-4-17(21)5-3-16/h2-11H,12-15H2,1H3,(H2,22,23,26)/b11-10+. The van der Waals surface area contributed by atoms with Crippen molar-refractivity contribution in [3.63, 3.8) is 0 Å². The van der Waals surface area contributed by atoms with Crippen molar-refractivity contribution in [1.29, 1.82) is 0 Å². The van der Waals surface area contributed by atoms with Crippen molar-refractivity contribution in [3.8, 4) is 0 Å². The monoisotopic (exact) mass is 370 g/mol. The third-order valence-corrected chi connectivity index (χ3v) is 4.61. The van der Waals surface area contributed by atoms with Gasteiger partial charge in [0.05, 0.1) is 0 Å². The van der Waals surface area contributed by atoms with Crippen molar-refractivity contribution >= 4 is 35.1 Å². The van der Waals surface area contributed by atoms with Crippen molar-refractivity contribution in [2.45, 2.75) is 0 Å². The van der Waals surface area contributed by atoms with Gasteiger partial charge in [-0.3, -0.25) is 0 Å². The highest BCUT2D eigenvalue weighted by Crippen LogP contribution is 2.19. The minimum Gasteiger partial charge on any atom is -0.369 e. The molecule has 1 saturated heterocycles. The summed E-state index contributed by atoms with van der Waals surface area (Å²) in [5.74, 6) is 0. The summed E-state index contributed by atoms with van der Waals surface area (Å²) < 4.78 is 0. The van der Waals surface area contributed by atoms with Gasteiger partial charge in [-0.15, -0.1) is 0 Å². The van der Waals surface area contributed by atoms with Gasteiger partial charge in [-0.2, -0.15) is 0 Å². The quantitative estimate of drug-likeness (QED) is 0.858. The maximum absolute atomic E-state index is 12.0. The van der Waals surface area contributed by atoms with E-state index in [4.69, 9.17) is 11.6 Å². The number of halogens is 1. The normalized spacial score (nSPS) is 15.2. The highest BCUT2D eigenvalue weighted by atomic mass is 35.5. The van der Waals surface area contributed by atoms with Crippen LogP contribution in [0.1, 0.15) is 5.56 Å². The molecule has 1 fully saturated rings. The van der Waals surface area contributed by atoms with Crippen molar-refractivity contribution in [2.75, 3.05) is 43.4 Å². The van der Waals surface area contributed by atoms with Crippen LogP contribution >= 0.6 is 11.6 Å². The number of amides is 2. The number of hydrogen-bond donors (Lipinski definition) is 2. The Bertz CT molecular complexity index is 750. The number of carbonyl (C=O) groups excluding carboxylic acids is 1. The molecule has 1 heterocycles. The molecule has 0 aliphatic carbocycles. The van der Waals surface area contributed by atoms with E-state index in [1.165, 1.54) is 5.69 Å². The van der Waals surface area contributed by atoms with Gasteiger partial charge in [-0.1, -0.05) is 23.7 Å². The number of nitrogens with one attached hydrogen (secondary N) is 2.